The Morgan fingerprint density at radius 2 is 2.22 bits per heavy atom. The van der Waals surface area contributed by atoms with E-state index in [0.717, 1.165) is 34.8 Å². The minimum Gasteiger partial charge on any atom is -0.466 e. The molecule has 1 aromatic carbocycles. The van der Waals surface area contributed by atoms with E-state index in [0.29, 0.717) is 11.6 Å². The number of nitrogens with one attached hydrogen (secondary N) is 2. The molecule has 0 saturated heterocycles. The number of carbonyl (C=O) groups is 1. The van der Waals surface area contributed by atoms with Crippen molar-refractivity contribution in [3.63, 3.8) is 0 Å². The molecule has 1 aliphatic rings. The van der Waals surface area contributed by atoms with Crippen molar-refractivity contribution in [2.75, 3.05) is 5.75 Å². The molecule has 1 aromatic heterocycles. The van der Waals surface area contributed by atoms with Gasteiger partial charge >= 0.3 is 6.03 Å². The highest BCUT2D eigenvalue weighted by Crippen LogP contribution is 2.37. The smallest absolute Gasteiger partial charge is 0.315 e. The Balaban J connectivity index is 1.63. The maximum Gasteiger partial charge on any atom is 0.315 e. The van der Waals surface area contributed by atoms with E-state index >= 15 is 0 Å². The average molecular weight is 351 g/mol. The number of furan rings is 1. The Labute approximate surface area is 145 Å². The first-order valence-corrected chi connectivity index (χ1v) is 8.92. The number of benzene rings is 1. The van der Waals surface area contributed by atoms with E-state index in [2.05, 4.69) is 10.6 Å². The van der Waals surface area contributed by atoms with Gasteiger partial charge in [0, 0.05) is 27.8 Å². The van der Waals surface area contributed by atoms with Crippen LogP contribution in [0.4, 0.5) is 4.79 Å². The number of hydrogen-bond acceptors (Lipinski definition) is 3. The molecule has 2 aromatic rings. The zero-order valence-electron chi connectivity index (χ0n) is 13.1. The van der Waals surface area contributed by atoms with Crippen LogP contribution < -0.4 is 10.6 Å². The van der Waals surface area contributed by atoms with Gasteiger partial charge in [0.2, 0.25) is 0 Å². The topological polar surface area (TPSA) is 54.3 Å². The standard InChI is InChI=1S/C17H19ClN2O2S/c1-10-7-12(11(2)22-10)9-19-17(21)20-15-5-6-23-16-4-3-13(18)8-14(15)16/h3-4,7-8,15H,5-6,9H2,1-2H3,(H2,19,20,21). The molecule has 0 bridgehead atoms. The van der Waals surface area contributed by atoms with E-state index in [-0.39, 0.29) is 12.1 Å². The van der Waals surface area contributed by atoms with Gasteiger partial charge in [-0.3, -0.25) is 0 Å². The van der Waals surface area contributed by atoms with Gasteiger partial charge in [0.25, 0.3) is 0 Å². The summed E-state index contributed by atoms with van der Waals surface area (Å²) >= 11 is 7.89. The fourth-order valence-electron chi connectivity index (χ4n) is 2.76. The van der Waals surface area contributed by atoms with E-state index in [4.69, 9.17) is 16.0 Å². The van der Waals surface area contributed by atoms with Gasteiger partial charge in [-0.1, -0.05) is 11.6 Å². The van der Waals surface area contributed by atoms with Gasteiger partial charge in [-0.2, -0.15) is 0 Å². The molecule has 1 aliphatic heterocycles. The van der Waals surface area contributed by atoms with Gasteiger partial charge in [0.05, 0.1) is 6.04 Å². The van der Waals surface area contributed by atoms with Crippen LogP contribution in [-0.2, 0) is 6.54 Å². The molecule has 0 radical (unpaired) electrons. The summed E-state index contributed by atoms with van der Waals surface area (Å²) in [6, 6.07) is 7.62. The lowest BCUT2D eigenvalue weighted by Gasteiger charge is -2.26. The normalized spacial score (nSPS) is 16.7. The van der Waals surface area contributed by atoms with Crippen LogP contribution in [0.15, 0.2) is 33.6 Å². The molecule has 2 heterocycles. The molecule has 4 nitrogen and oxygen atoms in total. The van der Waals surface area contributed by atoms with Gasteiger partial charge < -0.3 is 15.1 Å². The highest BCUT2D eigenvalue weighted by molar-refractivity contribution is 7.99. The van der Waals surface area contributed by atoms with E-state index in [1.54, 1.807) is 11.8 Å². The van der Waals surface area contributed by atoms with Gasteiger partial charge in [-0.05, 0) is 50.1 Å². The van der Waals surface area contributed by atoms with Crippen molar-refractivity contribution in [2.45, 2.75) is 37.8 Å². The van der Waals surface area contributed by atoms with Crippen molar-refractivity contribution in [2.24, 2.45) is 0 Å². The lowest BCUT2D eigenvalue weighted by Crippen LogP contribution is -2.38. The number of hydrogen-bond donors (Lipinski definition) is 2. The summed E-state index contributed by atoms with van der Waals surface area (Å²) in [5, 5.41) is 6.64. The minimum atomic E-state index is -0.175. The second-order valence-corrected chi connectivity index (χ2v) is 7.21. The van der Waals surface area contributed by atoms with Gasteiger partial charge in [0.15, 0.2) is 0 Å². The van der Waals surface area contributed by atoms with Crippen LogP contribution in [0.25, 0.3) is 0 Å². The van der Waals surface area contributed by atoms with E-state index in [9.17, 15) is 4.79 Å². The highest BCUT2D eigenvalue weighted by Gasteiger charge is 2.22. The van der Waals surface area contributed by atoms with Crippen molar-refractivity contribution in [1.29, 1.82) is 0 Å². The Morgan fingerprint density at radius 1 is 1.39 bits per heavy atom. The molecule has 3 rings (SSSR count). The second-order valence-electron chi connectivity index (χ2n) is 5.64. The van der Waals surface area contributed by atoms with E-state index in [1.807, 2.05) is 38.1 Å². The fraction of sp³-hybridized carbons (Fsp3) is 0.353. The molecule has 2 N–H and O–H groups in total. The predicted octanol–water partition coefficient (Wildman–Crippen LogP) is 4.59. The Kier molecular flexibility index (Phi) is 4.87. The molecule has 0 fully saturated rings. The number of carbonyl (C=O) groups excluding carboxylic acids is 1. The fourth-order valence-corrected chi connectivity index (χ4v) is 4.05. The van der Waals surface area contributed by atoms with Crippen LogP contribution in [0.1, 0.15) is 35.1 Å². The summed E-state index contributed by atoms with van der Waals surface area (Å²) in [4.78, 5) is 13.4. The van der Waals surface area contributed by atoms with Crippen LogP contribution in [0, 0.1) is 13.8 Å². The summed E-state index contributed by atoms with van der Waals surface area (Å²) in [7, 11) is 0. The molecule has 1 unspecified atom stereocenters. The average Bonchev–Trinajstić information content (AvgIpc) is 2.84. The molecule has 0 saturated carbocycles. The first-order valence-electron chi connectivity index (χ1n) is 7.55. The van der Waals surface area contributed by atoms with Gasteiger partial charge in [0.1, 0.15) is 11.5 Å². The van der Waals surface area contributed by atoms with E-state index in [1.165, 1.54) is 4.90 Å². The Hall–Kier alpha value is -1.59. The van der Waals surface area contributed by atoms with Crippen molar-refractivity contribution in [3.05, 3.63) is 51.9 Å². The number of fused-ring (bicyclic) bond motifs is 1. The zero-order chi connectivity index (χ0) is 16.4. The van der Waals surface area contributed by atoms with Crippen molar-refractivity contribution in [3.8, 4) is 0 Å². The van der Waals surface area contributed by atoms with Crippen molar-refractivity contribution >= 4 is 29.4 Å². The molecule has 23 heavy (non-hydrogen) atoms. The summed E-state index contributed by atoms with van der Waals surface area (Å²) < 4.78 is 5.47. The third-order valence-electron chi connectivity index (χ3n) is 3.90. The van der Waals surface area contributed by atoms with E-state index < -0.39 is 0 Å². The monoisotopic (exact) mass is 350 g/mol. The maximum absolute atomic E-state index is 12.2. The Bertz CT molecular complexity index is 729. The predicted molar refractivity (Wildman–Crippen MR) is 93.1 cm³/mol. The molecular weight excluding hydrogens is 332 g/mol. The summed E-state index contributed by atoms with van der Waals surface area (Å²) in [6.07, 6.45) is 0.898. The number of rotatable bonds is 3. The quantitative estimate of drug-likeness (QED) is 0.851. The lowest BCUT2D eigenvalue weighted by molar-refractivity contribution is 0.236. The molecule has 1 atom stereocenters. The van der Waals surface area contributed by atoms with Crippen LogP contribution in [0.2, 0.25) is 5.02 Å². The maximum atomic E-state index is 12.2. The lowest BCUT2D eigenvalue weighted by atomic mass is 10.0. The molecule has 122 valence electrons. The molecule has 6 heteroatoms. The van der Waals surface area contributed by atoms with Gasteiger partial charge in [-0.15, -0.1) is 11.8 Å². The number of thioether (sulfide) groups is 1. The third-order valence-corrected chi connectivity index (χ3v) is 5.26. The SMILES string of the molecule is Cc1cc(CNC(=O)NC2CCSc3ccc(Cl)cc32)c(C)o1. The Morgan fingerprint density at radius 3 is 2.96 bits per heavy atom. The van der Waals surface area contributed by atoms with Crippen LogP contribution in [0.3, 0.4) is 0 Å². The number of urea groups is 1. The minimum absolute atomic E-state index is 0.00265. The highest BCUT2D eigenvalue weighted by atomic mass is 35.5. The number of aryl methyl sites for hydroxylation is 2. The van der Waals surface area contributed by atoms with Crippen molar-refractivity contribution in [1.82, 2.24) is 10.6 Å². The zero-order valence-corrected chi connectivity index (χ0v) is 14.7. The molecular formula is C17H19ClN2O2S. The first-order chi connectivity index (χ1) is 11.0. The molecule has 0 aliphatic carbocycles. The van der Waals surface area contributed by atoms with Gasteiger partial charge in [-0.25, -0.2) is 4.79 Å². The molecule has 2 amide bonds. The largest absolute Gasteiger partial charge is 0.466 e. The van der Waals surface area contributed by atoms with Crippen LogP contribution in [0.5, 0.6) is 0 Å². The number of amides is 2. The third kappa shape index (κ3) is 3.85. The number of halogens is 1. The van der Waals surface area contributed by atoms with Crippen LogP contribution >= 0.6 is 23.4 Å². The first kappa shape index (κ1) is 16.3. The summed E-state index contributed by atoms with van der Waals surface area (Å²) in [5.74, 6) is 2.68. The van der Waals surface area contributed by atoms with Crippen LogP contribution in [-0.4, -0.2) is 11.8 Å². The second kappa shape index (κ2) is 6.89. The summed E-state index contributed by atoms with van der Waals surface area (Å²) in [6.45, 7) is 4.26. The van der Waals surface area contributed by atoms with Crippen molar-refractivity contribution < 1.29 is 9.21 Å². The molecule has 0 spiro atoms. The summed E-state index contributed by atoms with van der Waals surface area (Å²) in [5.41, 5.74) is 2.10.